The van der Waals surface area contributed by atoms with Crippen LogP contribution >= 0.6 is 0 Å². The highest BCUT2D eigenvalue weighted by molar-refractivity contribution is 5.83. The van der Waals surface area contributed by atoms with Crippen molar-refractivity contribution in [1.29, 1.82) is 0 Å². The Balaban J connectivity index is 1.27. The second kappa shape index (κ2) is 14.1. The predicted molar refractivity (Wildman–Crippen MR) is 178 cm³/mol. The summed E-state index contributed by atoms with van der Waals surface area (Å²) in [4.78, 5) is 22.4. The smallest absolute Gasteiger partial charge is 0.277 e. The minimum Gasteiger partial charge on any atom is -0.489 e. The van der Waals surface area contributed by atoms with Gasteiger partial charge in [-0.3, -0.25) is 20.2 Å². The van der Waals surface area contributed by atoms with E-state index in [1.165, 1.54) is 12.1 Å². The Hall–Kier alpha value is -6.06. The molecule has 0 saturated carbocycles. The van der Waals surface area contributed by atoms with E-state index in [4.69, 9.17) is 9.47 Å². The summed E-state index contributed by atoms with van der Waals surface area (Å²) in [6, 6.07) is 29.6. The first-order valence-electron chi connectivity index (χ1n) is 14.3. The van der Waals surface area contributed by atoms with Crippen molar-refractivity contribution in [3.63, 3.8) is 0 Å². The summed E-state index contributed by atoms with van der Waals surface area (Å²) in [6.07, 6.45) is 3.19. The molecule has 0 unspecified atom stereocenters. The zero-order valence-corrected chi connectivity index (χ0v) is 24.8. The zero-order valence-electron chi connectivity index (χ0n) is 24.8. The van der Waals surface area contributed by atoms with Crippen LogP contribution < -0.4 is 9.47 Å². The molecule has 0 saturated heterocycles. The van der Waals surface area contributed by atoms with E-state index in [2.05, 4.69) is 13.2 Å². The lowest BCUT2D eigenvalue weighted by molar-refractivity contribution is -0.384. The quantitative estimate of drug-likeness (QED) is 0.104. The van der Waals surface area contributed by atoms with Crippen LogP contribution in [0.25, 0.3) is 34.4 Å². The van der Waals surface area contributed by atoms with Crippen LogP contribution in [0, 0.1) is 20.2 Å². The number of nitro groups is 2. The summed E-state index contributed by atoms with van der Waals surface area (Å²) >= 11 is 0. The standard InChI is InChI=1S/C37H30N2O7/c1-3-28-7-5-9-34(38(41)42)36(28)30-15-11-25(12-16-30)23-45-32-19-27(22-40)20-33(21-32)46-24-26-13-17-31(18-14-26)37-29(4-2)8-6-10-35(37)39(43)44/h3-21,40H,1-2,22-24H2. The highest BCUT2D eigenvalue weighted by atomic mass is 16.6. The number of aliphatic hydroxyl groups excluding tert-OH is 1. The van der Waals surface area contributed by atoms with Crippen LogP contribution in [0.5, 0.6) is 11.5 Å². The highest BCUT2D eigenvalue weighted by Gasteiger charge is 2.19. The molecule has 9 nitrogen and oxygen atoms in total. The monoisotopic (exact) mass is 614 g/mol. The number of hydrogen-bond donors (Lipinski definition) is 1. The van der Waals surface area contributed by atoms with Crippen LogP contribution in [0.3, 0.4) is 0 Å². The lowest BCUT2D eigenvalue weighted by atomic mass is 9.97. The SMILES string of the molecule is C=Cc1cccc([N+](=O)[O-])c1-c1ccc(COc2cc(CO)cc(OCc3ccc(-c4c(C=C)cccc4[N+](=O)[O-])cc3)c2)cc1. The molecular formula is C37H30N2O7. The second-order valence-electron chi connectivity index (χ2n) is 10.3. The van der Waals surface area contributed by atoms with Gasteiger partial charge in [-0.1, -0.05) is 98.1 Å². The Labute approximate surface area is 265 Å². The third kappa shape index (κ3) is 7.01. The Morgan fingerprint density at radius 3 is 1.37 bits per heavy atom. The van der Waals surface area contributed by atoms with Gasteiger partial charge in [-0.15, -0.1) is 0 Å². The minimum absolute atomic E-state index is 0.00712. The molecule has 46 heavy (non-hydrogen) atoms. The van der Waals surface area contributed by atoms with Crippen molar-refractivity contribution in [2.45, 2.75) is 19.8 Å². The molecule has 1 N–H and O–H groups in total. The van der Waals surface area contributed by atoms with Crippen molar-refractivity contribution in [3.05, 3.63) is 164 Å². The molecule has 0 amide bonds. The summed E-state index contributed by atoms with van der Waals surface area (Å²) in [5.74, 6) is 1.00. The molecule has 0 radical (unpaired) electrons. The molecule has 5 aromatic carbocycles. The van der Waals surface area contributed by atoms with E-state index in [-0.39, 0.29) is 31.2 Å². The first kappa shape index (κ1) is 31.4. The van der Waals surface area contributed by atoms with E-state index < -0.39 is 9.85 Å². The molecule has 0 aliphatic heterocycles. The molecule has 230 valence electrons. The third-order valence-electron chi connectivity index (χ3n) is 7.40. The summed E-state index contributed by atoms with van der Waals surface area (Å²) in [5, 5.41) is 33.1. The van der Waals surface area contributed by atoms with E-state index in [1.54, 1.807) is 54.6 Å². The zero-order chi connectivity index (χ0) is 32.6. The molecule has 0 aliphatic carbocycles. The van der Waals surface area contributed by atoms with Gasteiger partial charge in [0, 0.05) is 18.2 Å². The van der Waals surface area contributed by atoms with Gasteiger partial charge in [0.25, 0.3) is 11.4 Å². The van der Waals surface area contributed by atoms with Gasteiger partial charge >= 0.3 is 0 Å². The van der Waals surface area contributed by atoms with E-state index in [0.717, 1.165) is 11.1 Å². The number of benzene rings is 5. The van der Waals surface area contributed by atoms with E-state index >= 15 is 0 Å². The van der Waals surface area contributed by atoms with Gasteiger partial charge in [0.2, 0.25) is 0 Å². The van der Waals surface area contributed by atoms with E-state index in [0.29, 0.717) is 50.4 Å². The van der Waals surface area contributed by atoms with Crippen LogP contribution in [0.4, 0.5) is 11.4 Å². The highest BCUT2D eigenvalue weighted by Crippen LogP contribution is 2.35. The number of hydrogen-bond acceptors (Lipinski definition) is 7. The van der Waals surface area contributed by atoms with Gasteiger partial charge in [-0.25, -0.2) is 0 Å². The van der Waals surface area contributed by atoms with Gasteiger partial charge in [-0.05, 0) is 51.1 Å². The maximum Gasteiger partial charge on any atom is 0.277 e. The van der Waals surface area contributed by atoms with Crippen LogP contribution in [-0.2, 0) is 19.8 Å². The largest absolute Gasteiger partial charge is 0.489 e. The normalized spacial score (nSPS) is 10.6. The van der Waals surface area contributed by atoms with Crippen LogP contribution in [0.1, 0.15) is 27.8 Å². The first-order valence-corrected chi connectivity index (χ1v) is 14.3. The third-order valence-corrected chi connectivity index (χ3v) is 7.40. The lowest BCUT2D eigenvalue weighted by Crippen LogP contribution is -2.00. The minimum atomic E-state index is -0.403. The molecule has 0 aliphatic rings. The summed E-state index contributed by atoms with van der Waals surface area (Å²) in [7, 11) is 0. The fraction of sp³-hybridized carbons (Fsp3) is 0.0811. The summed E-state index contributed by atoms with van der Waals surface area (Å²) in [5.41, 5.74) is 6.06. The van der Waals surface area contributed by atoms with Crippen molar-refractivity contribution in [2.24, 2.45) is 0 Å². The lowest BCUT2D eigenvalue weighted by Gasteiger charge is -2.13. The molecule has 0 fully saturated rings. The van der Waals surface area contributed by atoms with Gasteiger partial charge in [0.15, 0.2) is 0 Å². The Morgan fingerprint density at radius 1 is 0.609 bits per heavy atom. The van der Waals surface area contributed by atoms with E-state index in [9.17, 15) is 25.3 Å². The van der Waals surface area contributed by atoms with Crippen LogP contribution in [0.2, 0.25) is 0 Å². The maximum atomic E-state index is 11.6. The Morgan fingerprint density at radius 2 is 1.02 bits per heavy atom. The van der Waals surface area contributed by atoms with Gasteiger partial charge < -0.3 is 14.6 Å². The van der Waals surface area contributed by atoms with Gasteiger partial charge in [-0.2, -0.15) is 0 Å². The fourth-order valence-corrected chi connectivity index (χ4v) is 5.15. The Bertz CT molecular complexity index is 1780. The molecule has 0 bridgehead atoms. The maximum absolute atomic E-state index is 11.6. The number of nitro benzene ring substituents is 2. The molecule has 9 heteroatoms. The molecular weight excluding hydrogens is 584 g/mol. The van der Waals surface area contributed by atoms with Crippen LogP contribution in [-0.4, -0.2) is 15.0 Å². The average Bonchev–Trinajstić information content (AvgIpc) is 3.09. The predicted octanol–water partition coefficient (Wildman–Crippen LogP) is 8.77. The second-order valence-corrected chi connectivity index (χ2v) is 10.3. The topological polar surface area (TPSA) is 125 Å². The molecule has 0 heterocycles. The van der Waals surface area contributed by atoms with Crippen molar-refractivity contribution >= 4 is 23.5 Å². The number of ether oxygens (including phenoxy) is 2. The van der Waals surface area contributed by atoms with Crippen molar-refractivity contribution in [3.8, 4) is 33.8 Å². The fourth-order valence-electron chi connectivity index (χ4n) is 5.15. The van der Waals surface area contributed by atoms with Gasteiger partial charge in [0.1, 0.15) is 24.7 Å². The average molecular weight is 615 g/mol. The number of rotatable bonds is 13. The molecule has 5 rings (SSSR count). The molecule has 0 atom stereocenters. The van der Waals surface area contributed by atoms with Crippen molar-refractivity contribution < 1.29 is 24.4 Å². The van der Waals surface area contributed by atoms with E-state index in [1.807, 2.05) is 48.5 Å². The van der Waals surface area contributed by atoms with Crippen LogP contribution in [0.15, 0.2) is 116 Å². The molecule has 0 spiro atoms. The summed E-state index contributed by atoms with van der Waals surface area (Å²) in [6.45, 7) is 7.80. The first-order chi connectivity index (χ1) is 22.3. The Kier molecular flexibility index (Phi) is 9.65. The number of aliphatic hydroxyl groups is 1. The number of nitrogens with zero attached hydrogens (tertiary/aromatic N) is 2. The van der Waals surface area contributed by atoms with Crippen molar-refractivity contribution in [1.82, 2.24) is 0 Å². The molecule has 5 aromatic rings. The van der Waals surface area contributed by atoms with Gasteiger partial charge in [0.05, 0.1) is 27.6 Å². The summed E-state index contributed by atoms with van der Waals surface area (Å²) < 4.78 is 12.0. The molecule has 0 aromatic heterocycles. The van der Waals surface area contributed by atoms with Crippen molar-refractivity contribution in [2.75, 3.05) is 0 Å².